The summed E-state index contributed by atoms with van der Waals surface area (Å²) in [6, 6.07) is 16.1. The van der Waals surface area contributed by atoms with Gasteiger partial charge in [-0.15, -0.1) is 0 Å². The molecule has 198 valence electrons. The molecule has 2 rings (SSSR count). The largest absolute Gasteiger partial charge is 0.352 e. The molecule has 2 aromatic rings. The Morgan fingerprint density at radius 1 is 0.972 bits per heavy atom. The fraction of sp³-hybridized carbons (Fsp3) is 0.500. The molecule has 0 saturated heterocycles. The molecular weight excluding hydrogens is 474 g/mol. The normalized spacial score (nSPS) is 13.5. The second-order valence-corrected chi connectivity index (χ2v) is 12.3. The van der Waals surface area contributed by atoms with Gasteiger partial charge in [-0.1, -0.05) is 70.2 Å². The summed E-state index contributed by atoms with van der Waals surface area (Å²) >= 11 is 0. The maximum Gasteiger partial charge on any atom is 0.244 e. The minimum atomic E-state index is -3.75. The van der Waals surface area contributed by atoms with Crippen molar-refractivity contribution in [1.82, 2.24) is 10.2 Å². The van der Waals surface area contributed by atoms with E-state index in [1.165, 1.54) is 4.90 Å². The van der Waals surface area contributed by atoms with Crippen LogP contribution in [0.25, 0.3) is 0 Å². The van der Waals surface area contributed by atoms with Crippen molar-refractivity contribution >= 4 is 27.5 Å². The summed E-state index contributed by atoms with van der Waals surface area (Å²) in [5.74, 6) is -0.686. The van der Waals surface area contributed by atoms with E-state index in [0.29, 0.717) is 18.7 Å². The predicted molar refractivity (Wildman–Crippen MR) is 147 cm³/mol. The fourth-order valence-corrected chi connectivity index (χ4v) is 4.63. The Bertz CT molecular complexity index is 1110. The minimum Gasteiger partial charge on any atom is -0.352 e. The zero-order valence-electron chi connectivity index (χ0n) is 22.6. The van der Waals surface area contributed by atoms with Crippen molar-refractivity contribution in [2.24, 2.45) is 0 Å². The van der Waals surface area contributed by atoms with Gasteiger partial charge >= 0.3 is 0 Å². The van der Waals surface area contributed by atoms with Crippen LogP contribution in [0, 0.1) is 0 Å². The first-order chi connectivity index (χ1) is 16.7. The molecule has 36 heavy (non-hydrogen) atoms. The highest BCUT2D eigenvalue weighted by molar-refractivity contribution is 7.92. The van der Waals surface area contributed by atoms with Crippen LogP contribution in [0.5, 0.6) is 0 Å². The number of sulfonamides is 1. The van der Waals surface area contributed by atoms with Crippen LogP contribution in [0.15, 0.2) is 54.6 Å². The lowest BCUT2D eigenvalue weighted by Crippen LogP contribution is -2.53. The van der Waals surface area contributed by atoms with E-state index in [1.54, 1.807) is 19.1 Å². The summed E-state index contributed by atoms with van der Waals surface area (Å²) in [7, 11) is -3.75. The van der Waals surface area contributed by atoms with Crippen LogP contribution in [-0.4, -0.2) is 56.6 Å². The summed E-state index contributed by atoms with van der Waals surface area (Å²) in [5.41, 5.74) is 2.42. The molecule has 7 nitrogen and oxygen atoms in total. The van der Waals surface area contributed by atoms with E-state index in [4.69, 9.17) is 0 Å². The van der Waals surface area contributed by atoms with Crippen LogP contribution >= 0.6 is 0 Å². The molecule has 8 heteroatoms. The summed E-state index contributed by atoms with van der Waals surface area (Å²) in [6.45, 7) is 11.7. The zero-order valence-corrected chi connectivity index (χ0v) is 23.4. The van der Waals surface area contributed by atoms with E-state index in [-0.39, 0.29) is 23.9 Å². The monoisotopic (exact) mass is 515 g/mol. The number of hydrogen-bond donors (Lipinski definition) is 1. The summed E-state index contributed by atoms with van der Waals surface area (Å²) < 4.78 is 26.5. The lowest BCUT2D eigenvalue weighted by atomic mass is 9.87. The molecular formula is C28H41N3O4S. The van der Waals surface area contributed by atoms with Crippen molar-refractivity contribution in [3.8, 4) is 0 Å². The molecule has 0 fully saturated rings. The molecule has 1 N–H and O–H groups in total. The Kier molecular flexibility index (Phi) is 10.1. The molecule has 0 aliphatic carbocycles. The lowest BCUT2D eigenvalue weighted by molar-refractivity contribution is -0.139. The van der Waals surface area contributed by atoms with Crippen LogP contribution in [0.3, 0.4) is 0 Å². The fourth-order valence-electron chi connectivity index (χ4n) is 3.78. The van der Waals surface area contributed by atoms with E-state index in [0.717, 1.165) is 28.1 Å². The van der Waals surface area contributed by atoms with Gasteiger partial charge in [-0.2, -0.15) is 0 Å². The molecule has 0 aliphatic rings. The quantitative estimate of drug-likeness (QED) is 0.488. The standard InChI is InChI=1S/C28H41N3O4S/c1-8-21(2)29-27(33)22(3)30(19-18-23-12-10-9-11-13-23)26(32)20-31(36(7,34)35)25-16-14-24(15-17-25)28(4,5)6/h9-17,21-22H,8,18-20H2,1-7H3,(H,29,33). The topological polar surface area (TPSA) is 86.8 Å². The van der Waals surface area contributed by atoms with Crippen LogP contribution in [0.2, 0.25) is 0 Å². The Hall–Kier alpha value is -2.87. The van der Waals surface area contributed by atoms with Gasteiger partial charge in [0.05, 0.1) is 11.9 Å². The van der Waals surface area contributed by atoms with Crippen LogP contribution in [-0.2, 0) is 31.4 Å². The Balaban J connectivity index is 2.33. The minimum absolute atomic E-state index is 0.0279. The number of hydrogen-bond acceptors (Lipinski definition) is 4. The number of anilines is 1. The van der Waals surface area contributed by atoms with E-state index >= 15 is 0 Å². The Morgan fingerprint density at radius 3 is 2.06 bits per heavy atom. The van der Waals surface area contributed by atoms with Crippen LogP contribution < -0.4 is 9.62 Å². The maximum atomic E-state index is 13.6. The van der Waals surface area contributed by atoms with E-state index in [1.807, 2.05) is 56.3 Å². The average molecular weight is 516 g/mol. The van der Waals surface area contributed by atoms with Gasteiger partial charge in [0, 0.05) is 12.6 Å². The van der Waals surface area contributed by atoms with Crippen molar-refractivity contribution < 1.29 is 18.0 Å². The average Bonchev–Trinajstić information content (AvgIpc) is 2.81. The number of nitrogens with zero attached hydrogens (tertiary/aromatic N) is 2. The second kappa shape index (κ2) is 12.4. The van der Waals surface area contributed by atoms with Gasteiger partial charge in [0.1, 0.15) is 12.6 Å². The molecule has 0 saturated carbocycles. The molecule has 2 aromatic carbocycles. The number of carbonyl (C=O) groups is 2. The van der Waals surface area contributed by atoms with Gasteiger partial charge in [-0.05, 0) is 55.4 Å². The van der Waals surface area contributed by atoms with Crippen molar-refractivity contribution in [3.05, 3.63) is 65.7 Å². The van der Waals surface area contributed by atoms with Gasteiger partial charge in [0.15, 0.2) is 0 Å². The lowest BCUT2D eigenvalue weighted by Gasteiger charge is -2.32. The molecule has 0 aliphatic heterocycles. The van der Waals surface area contributed by atoms with Gasteiger partial charge < -0.3 is 10.2 Å². The van der Waals surface area contributed by atoms with Crippen molar-refractivity contribution in [1.29, 1.82) is 0 Å². The van der Waals surface area contributed by atoms with Gasteiger partial charge in [-0.25, -0.2) is 8.42 Å². The van der Waals surface area contributed by atoms with Gasteiger partial charge in [-0.3, -0.25) is 13.9 Å². The SMILES string of the molecule is CCC(C)NC(=O)C(C)N(CCc1ccccc1)C(=O)CN(c1ccc(C(C)(C)C)cc1)S(C)(=O)=O. The molecule has 2 amide bonds. The smallest absolute Gasteiger partial charge is 0.244 e. The third kappa shape index (κ3) is 8.36. The maximum absolute atomic E-state index is 13.6. The molecule has 0 radical (unpaired) electrons. The highest BCUT2D eigenvalue weighted by Crippen LogP contribution is 2.26. The van der Waals surface area contributed by atoms with Gasteiger partial charge in [0.2, 0.25) is 21.8 Å². The summed E-state index contributed by atoms with van der Waals surface area (Å²) in [5, 5.41) is 2.93. The number of benzene rings is 2. The first-order valence-electron chi connectivity index (χ1n) is 12.5. The third-order valence-electron chi connectivity index (χ3n) is 6.35. The number of amides is 2. The van der Waals surface area contributed by atoms with Crippen LogP contribution in [0.1, 0.15) is 59.1 Å². The first kappa shape index (κ1) is 29.4. The molecule has 2 atom stereocenters. The molecule has 0 spiro atoms. The highest BCUT2D eigenvalue weighted by atomic mass is 32.2. The summed E-state index contributed by atoms with van der Waals surface area (Å²) in [6.07, 6.45) is 2.40. The first-order valence-corrected chi connectivity index (χ1v) is 14.3. The molecule has 0 heterocycles. The molecule has 0 aromatic heterocycles. The Morgan fingerprint density at radius 2 is 1.56 bits per heavy atom. The van der Waals surface area contributed by atoms with Gasteiger partial charge in [0.25, 0.3) is 0 Å². The molecule has 0 bridgehead atoms. The second-order valence-electron chi connectivity index (χ2n) is 10.4. The number of carbonyl (C=O) groups excluding carboxylic acids is 2. The Labute approximate surface area is 216 Å². The van der Waals surface area contributed by atoms with E-state index in [2.05, 4.69) is 26.1 Å². The molecule has 2 unspecified atom stereocenters. The number of rotatable bonds is 11. The van der Waals surface area contributed by atoms with Crippen LogP contribution in [0.4, 0.5) is 5.69 Å². The predicted octanol–water partition coefficient (Wildman–Crippen LogP) is 4.12. The van der Waals surface area contributed by atoms with Crippen molar-refractivity contribution in [2.45, 2.75) is 71.9 Å². The van der Waals surface area contributed by atoms with E-state index in [9.17, 15) is 18.0 Å². The number of nitrogens with one attached hydrogen (secondary N) is 1. The van der Waals surface area contributed by atoms with E-state index < -0.39 is 22.0 Å². The zero-order chi connectivity index (χ0) is 27.1. The summed E-state index contributed by atoms with van der Waals surface area (Å²) in [4.78, 5) is 28.0. The highest BCUT2D eigenvalue weighted by Gasteiger charge is 2.30. The third-order valence-corrected chi connectivity index (χ3v) is 7.49. The van der Waals surface area contributed by atoms with Crippen molar-refractivity contribution in [3.63, 3.8) is 0 Å². The van der Waals surface area contributed by atoms with Crippen molar-refractivity contribution in [2.75, 3.05) is 23.7 Å².